The molecule has 1 aliphatic heterocycles. The number of ether oxygens (including phenoxy) is 1. The van der Waals surface area contributed by atoms with Crippen LogP contribution in [-0.4, -0.2) is 22.9 Å². The molecule has 0 aromatic heterocycles. The lowest BCUT2D eigenvalue weighted by atomic mass is 9.83. The summed E-state index contributed by atoms with van der Waals surface area (Å²) in [5, 5.41) is 1.12. The van der Waals surface area contributed by atoms with Crippen molar-refractivity contribution in [3.05, 3.63) is 81.0 Å². The first-order chi connectivity index (χ1) is 13.8. The van der Waals surface area contributed by atoms with Crippen LogP contribution >= 0.6 is 23.2 Å². The van der Waals surface area contributed by atoms with E-state index in [1.165, 1.54) is 0 Å². The number of carbonyl (C=O) groups is 2. The van der Waals surface area contributed by atoms with E-state index in [2.05, 4.69) is 0 Å². The Labute approximate surface area is 181 Å². The molecule has 4 nitrogen and oxygen atoms in total. The topological polar surface area (TPSA) is 46.6 Å². The third-order valence-corrected chi connectivity index (χ3v) is 5.48. The van der Waals surface area contributed by atoms with Crippen LogP contribution in [0.15, 0.2) is 59.8 Å². The highest BCUT2D eigenvalue weighted by Gasteiger charge is 2.37. The molecule has 6 heteroatoms. The van der Waals surface area contributed by atoms with Gasteiger partial charge in [-0.1, -0.05) is 53.5 Å². The van der Waals surface area contributed by atoms with E-state index in [-0.39, 0.29) is 18.4 Å². The highest BCUT2D eigenvalue weighted by Crippen LogP contribution is 2.40. The molecule has 0 bridgehead atoms. The van der Waals surface area contributed by atoms with Crippen LogP contribution in [0.2, 0.25) is 10.0 Å². The zero-order chi connectivity index (χ0) is 21.1. The predicted octanol–water partition coefficient (Wildman–Crippen LogP) is 5.74. The molecule has 1 amide bonds. The van der Waals surface area contributed by atoms with Crippen LogP contribution in [0, 0.1) is 0 Å². The number of nitrogens with zero attached hydrogens (tertiary/aromatic N) is 1. The number of halogens is 2. The number of benzene rings is 2. The van der Waals surface area contributed by atoms with Crippen molar-refractivity contribution in [2.24, 2.45) is 0 Å². The minimum Gasteiger partial charge on any atom is -0.460 e. The maximum Gasteiger partial charge on any atom is 0.336 e. The van der Waals surface area contributed by atoms with Gasteiger partial charge in [0, 0.05) is 28.1 Å². The maximum absolute atomic E-state index is 13.0. The zero-order valence-corrected chi connectivity index (χ0v) is 18.1. The Hall–Kier alpha value is -2.30. The molecular formula is C23H23Cl2NO3. The number of esters is 1. The molecule has 0 fully saturated rings. The van der Waals surface area contributed by atoms with Gasteiger partial charge >= 0.3 is 5.97 Å². The number of allylic oxidation sites excluding steroid dienone is 1. The summed E-state index contributed by atoms with van der Waals surface area (Å²) >= 11 is 12.5. The van der Waals surface area contributed by atoms with Gasteiger partial charge in [-0.05, 0) is 50.1 Å². The van der Waals surface area contributed by atoms with Crippen LogP contribution < -0.4 is 0 Å². The molecule has 29 heavy (non-hydrogen) atoms. The van der Waals surface area contributed by atoms with Crippen molar-refractivity contribution in [2.45, 2.75) is 45.8 Å². The Balaban J connectivity index is 2.06. The molecule has 3 rings (SSSR count). The molecule has 152 valence electrons. The van der Waals surface area contributed by atoms with Crippen LogP contribution in [0.4, 0.5) is 0 Å². The van der Waals surface area contributed by atoms with Crippen molar-refractivity contribution < 1.29 is 14.3 Å². The van der Waals surface area contributed by atoms with E-state index in [0.717, 1.165) is 11.1 Å². The standard InChI is InChI=1S/C23H23Cl2NO3/c1-14(2)29-23(28)22-15(3)26(13-16-7-6-8-17(24)11-16)21(27)12-19(22)18-9-4-5-10-20(18)25/h4-11,14,19H,12-13H2,1-3H3. The van der Waals surface area contributed by atoms with E-state index in [9.17, 15) is 9.59 Å². The van der Waals surface area contributed by atoms with Crippen molar-refractivity contribution in [2.75, 3.05) is 0 Å². The Kier molecular flexibility index (Phi) is 6.66. The highest BCUT2D eigenvalue weighted by molar-refractivity contribution is 6.31. The second kappa shape index (κ2) is 9.02. The third kappa shape index (κ3) is 4.82. The van der Waals surface area contributed by atoms with Gasteiger partial charge in [0.05, 0.1) is 18.2 Å². The lowest BCUT2D eigenvalue weighted by molar-refractivity contribution is -0.143. The molecule has 0 saturated carbocycles. The van der Waals surface area contributed by atoms with Gasteiger partial charge in [-0.3, -0.25) is 4.79 Å². The summed E-state index contributed by atoms with van der Waals surface area (Å²) in [5.41, 5.74) is 2.68. The average molecular weight is 432 g/mol. The van der Waals surface area contributed by atoms with Crippen molar-refractivity contribution in [1.82, 2.24) is 4.90 Å². The smallest absolute Gasteiger partial charge is 0.336 e. The van der Waals surface area contributed by atoms with Crippen LogP contribution in [0.25, 0.3) is 0 Å². The molecule has 0 radical (unpaired) electrons. The Morgan fingerprint density at radius 2 is 1.90 bits per heavy atom. The van der Waals surface area contributed by atoms with Gasteiger partial charge < -0.3 is 9.64 Å². The SMILES string of the molecule is CC1=C(C(=O)OC(C)C)C(c2ccccc2Cl)CC(=O)N1Cc1cccc(Cl)c1. The summed E-state index contributed by atoms with van der Waals surface area (Å²) in [5.74, 6) is -0.947. The fraction of sp³-hybridized carbons (Fsp3) is 0.304. The van der Waals surface area contributed by atoms with Gasteiger partial charge in [-0.15, -0.1) is 0 Å². The second-order valence-electron chi connectivity index (χ2n) is 7.34. The first kappa shape index (κ1) is 21.4. The monoisotopic (exact) mass is 431 g/mol. The molecule has 0 aliphatic carbocycles. The molecule has 0 spiro atoms. The average Bonchev–Trinajstić information content (AvgIpc) is 2.64. The molecule has 2 aromatic rings. The van der Waals surface area contributed by atoms with Crippen molar-refractivity contribution >= 4 is 35.1 Å². The number of carbonyl (C=O) groups excluding carboxylic acids is 2. The van der Waals surface area contributed by atoms with Crippen LogP contribution in [0.1, 0.15) is 44.2 Å². The fourth-order valence-electron chi connectivity index (χ4n) is 3.59. The normalized spacial score (nSPS) is 17.1. The maximum atomic E-state index is 13.0. The van der Waals surface area contributed by atoms with Crippen LogP contribution in [-0.2, 0) is 20.9 Å². The number of rotatable bonds is 5. The molecule has 1 aliphatic rings. The summed E-state index contributed by atoms with van der Waals surface area (Å²) < 4.78 is 5.51. The largest absolute Gasteiger partial charge is 0.460 e. The van der Waals surface area contributed by atoms with Gasteiger partial charge in [-0.2, -0.15) is 0 Å². The lowest BCUT2D eigenvalue weighted by Gasteiger charge is -2.35. The first-order valence-electron chi connectivity index (χ1n) is 9.49. The highest BCUT2D eigenvalue weighted by atomic mass is 35.5. The number of amides is 1. The van der Waals surface area contributed by atoms with E-state index in [4.69, 9.17) is 27.9 Å². The number of hydrogen-bond acceptors (Lipinski definition) is 3. The Bertz CT molecular complexity index is 968. The van der Waals surface area contributed by atoms with Crippen molar-refractivity contribution in [1.29, 1.82) is 0 Å². The van der Waals surface area contributed by atoms with Gasteiger partial charge in [0.25, 0.3) is 0 Å². The zero-order valence-electron chi connectivity index (χ0n) is 16.6. The third-order valence-electron chi connectivity index (χ3n) is 4.90. The molecule has 1 heterocycles. The quantitative estimate of drug-likeness (QED) is 0.567. The summed E-state index contributed by atoms with van der Waals surface area (Å²) in [7, 11) is 0. The van der Waals surface area contributed by atoms with Crippen LogP contribution in [0.5, 0.6) is 0 Å². The molecular weight excluding hydrogens is 409 g/mol. The van der Waals surface area contributed by atoms with E-state index in [1.807, 2.05) is 36.4 Å². The van der Waals surface area contributed by atoms with Gasteiger partial charge in [0.2, 0.25) is 5.91 Å². The molecule has 1 atom stereocenters. The van der Waals surface area contributed by atoms with Gasteiger partial charge in [-0.25, -0.2) is 4.79 Å². The summed E-state index contributed by atoms with van der Waals surface area (Å²) in [6.45, 7) is 5.72. The molecule has 1 unspecified atom stereocenters. The fourth-order valence-corrected chi connectivity index (χ4v) is 4.07. The minimum absolute atomic E-state index is 0.0755. The molecule has 0 saturated heterocycles. The van der Waals surface area contributed by atoms with E-state index in [1.54, 1.807) is 37.8 Å². The Morgan fingerprint density at radius 3 is 2.55 bits per heavy atom. The number of hydrogen-bond donors (Lipinski definition) is 0. The van der Waals surface area contributed by atoms with Gasteiger partial charge in [0.15, 0.2) is 0 Å². The first-order valence-corrected chi connectivity index (χ1v) is 10.2. The second-order valence-corrected chi connectivity index (χ2v) is 8.18. The molecule has 2 aromatic carbocycles. The minimum atomic E-state index is -0.446. The predicted molar refractivity (Wildman–Crippen MR) is 115 cm³/mol. The summed E-state index contributed by atoms with van der Waals surface area (Å²) in [4.78, 5) is 27.7. The van der Waals surface area contributed by atoms with Crippen molar-refractivity contribution in [3.8, 4) is 0 Å². The van der Waals surface area contributed by atoms with Gasteiger partial charge in [0.1, 0.15) is 0 Å². The van der Waals surface area contributed by atoms with Crippen LogP contribution in [0.3, 0.4) is 0 Å². The van der Waals surface area contributed by atoms with E-state index in [0.29, 0.717) is 27.9 Å². The lowest BCUT2D eigenvalue weighted by Crippen LogP contribution is -2.38. The van der Waals surface area contributed by atoms with Crippen molar-refractivity contribution in [3.63, 3.8) is 0 Å². The van der Waals surface area contributed by atoms with E-state index < -0.39 is 11.9 Å². The summed E-state index contributed by atoms with van der Waals surface area (Å²) in [6, 6.07) is 14.6. The molecule has 0 N–H and O–H groups in total. The van der Waals surface area contributed by atoms with E-state index >= 15 is 0 Å². The Morgan fingerprint density at radius 1 is 1.17 bits per heavy atom. The summed E-state index contributed by atoms with van der Waals surface area (Å²) in [6.07, 6.45) is -0.127.